The number of aromatic nitrogens is 3. The molecule has 0 unspecified atom stereocenters. The van der Waals surface area contributed by atoms with Crippen LogP contribution in [0.5, 0.6) is 0 Å². The van der Waals surface area contributed by atoms with E-state index in [1.807, 2.05) is 25.1 Å². The van der Waals surface area contributed by atoms with E-state index in [9.17, 15) is 4.79 Å². The zero-order valence-corrected chi connectivity index (χ0v) is 18.1. The number of hydrogen-bond acceptors (Lipinski definition) is 5. The summed E-state index contributed by atoms with van der Waals surface area (Å²) >= 11 is 1.36. The summed E-state index contributed by atoms with van der Waals surface area (Å²) in [6.45, 7) is 0. The number of pyridine rings is 1. The van der Waals surface area contributed by atoms with Crippen LogP contribution in [-0.4, -0.2) is 28.6 Å². The molecule has 0 spiro atoms. The van der Waals surface area contributed by atoms with Crippen molar-refractivity contribution in [2.75, 3.05) is 19.0 Å². The van der Waals surface area contributed by atoms with Crippen molar-refractivity contribution in [3.63, 3.8) is 0 Å². The van der Waals surface area contributed by atoms with Gasteiger partial charge in [-0.3, -0.25) is 9.36 Å². The van der Waals surface area contributed by atoms with Crippen LogP contribution in [0.15, 0.2) is 47.7 Å². The third-order valence-corrected chi connectivity index (χ3v) is 4.96. The maximum atomic E-state index is 12.9. The fourth-order valence-corrected chi connectivity index (χ4v) is 3.76. The monoisotopic (exact) mass is 375 g/mol. The number of anilines is 1. The van der Waals surface area contributed by atoms with Crippen molar-refractivity contribution in [1.29, 1.82) is 0 Å². The minimum Gasteiger partial charge on any atom is -0.699 e. The van der Waals surface area contributed by atoms with E-state index in [-0.39, 0.29) is 56.9 Å². The minimum atomic E-state index is -0.120. The Kier molecular flexibility index (Phi) is 5.28. The van der Waals surface area contributed by atoms with Gasteiger partial charge in [0.1, 0.15) is 15.9 Å². The van der Waals surface area contributed by atoms with Gasteiger partial charge in [-0.25, -0.2) is 9.97 Å². The molecular weight excluding hydrogens is 361 g/mol. The molecule has 1 aromatic carbocycles. The Labute approximate surface area is 190 Å². The molecule has 0 bridgehead atoms. The summed E-state index contributed by atoms with van der Waals surface area (Å²) in [6, 6.07) is 8.72. The van der Waals surface area contributed by atoms with Crippen molar-refractivity contribution in [2.45, 2.75) is 0 Å². The zero-order valence-electron chi connectivity index (χ0n) is 14.1. The summed E-state index contributed by atoms with van der Waals surface area (Å²) in [5.74, 6) is 0. The van der Waals surface area contributed by atoms with Crippen LogP contribution in [0.2, 0.25) is 0 Å². The van der Waals surface area contributed by atoms with Crippen LogP contribution < -0.4 is 61.8 Å². The Hall–Kier alpha value is -1.29. The van der Waals surface area contributed by atoms with E-state index in [0.717, 1.165) is 15.9 Å². The van der Waals surface area contributed by atoms with E-state index in [1.165, 1.54) is 15.9 Å². The third-order valence-electron chi connectivity index (χ3n) is 3.89. The molecule has 4 aromatic rings. The summed E-state index contributed by atoms with van der Waals surface area (Å²) in [7, 11) is 3.92. The van der Waals surface area contributed by atoms with Crippen LogP contribution in [0.3, 0.4) is 0 Å². The van der Waals surface area contributed by atoms with E-state index in [1.54, 1.807) is 36.8 Å². The second-order valence-corrected chi connectivity index (χ2v) is 6.65. The molecule has 8 heteroatoms. The van der Waals surface area contributed by atoms with Crippen molar-refractivity contribution in [3.8, 4) is 5.69 Å². The molecule has 6 nitrogen and oxygen atoms in total. The molecule has 0 aliphatic heterocycles. The van der Waals surface area contributed by atoms with Crippen LogP contribution in [0, 0.1) is 0 Å². The molecule has 0 saturated carbocycles. The molecule has 4 rings (SSSR count). The Morgan fingerprint density at radius 1 is 1.12 bits per heavy atom. The van der Waals surface area contributed by atoms with Gasteiger partial charge in [0, 0.05) is 20.3 Å². The third kappa shape index (κ3) is 3.14. The number of nitrogens with zero attached hydrogens (tertiary/aromatic N) is 4. The van der Waals surface area contributed by atoms with Gasteiger partial charge in [0.15, 0.2) is 0 Å². The van der Waals surface area contributed by atoms with Gasteiger partial charge in [-0.2, -0.15) is 0 Å². The average Bonchev–Trinajstić information content (AvgIpc) is 2.96. The van der Waals surface area contributed by atoms with Crippen molar-refractivity contribution in [2.24, 2.45) is 0 Å². The molecular formula is C17H14KN5OS. The Morgan fingerprint density at radius 3 is 2.52 bits per heavy atom. The fraction of sp³-hybridized carbons (Fsp3) is 0.118. The van der Waals surface area contributed by atoms with Gasteiger partial charge in [0.2, 0.25) is 0 Å². The summed E-state index contributed by atoms with van der Waals surface area (Å²) < 4.78 is 2.09. The molecule has 3 heterocycles. The van der Waals surface area contributed by atoms with E-state index >= 15 is 0 Å². The Balaban J connectivity index is 0.00000182. The SMILES string of the molecule is CN(C)c1ccnc2sc3c(=O)n(-c4ccc([NH-])cc4)cnc3c12.[K+]. The molecule has 25 heavy (non-hydrogen) atoms. The predicted molar refractivity (Wildman–Crippen MR) is 98.8 cm³/mol. The first kappa shape index (κ1) is 18.5. The summed E-state index contributed by atoms with van der Waals surface area (Å²) in [5, 5.41) is 0.910. The molecule has 0 radical (unpaired) electrons. The summed E-state index contributed by atoms with van der Waals surface area (Å²) in [5.41, 5.74) is 10.2. The molecule has 0 fully saturated rings. The number of nitrogens with one attached hydrogen (secondary N) is 1. The van der Waals surface area contributed by atoms with E-state index in [4.69, 9.17) is 5.73 Å². The van der Waals surface area contributed by atoms with E-state index in [2.05, 4.69) is 9.97 Å². The van der Waals surface area contributed by atoms with Crippen molar-refractivity contribution in [3.05, 3.63) is 58.9 Å². The van der Waals surface area contributed by atoms with Crippen molar-refractivity contribution < 1.29 is 51.4 Å². The topological polar surface area (TPSA) is 74.8 Å². The maximum absolute atomic E-state index is 12.9. The minimum absolute atomic E-state index is 0. The van der Waals surface area contributed by atoms with Gasteiger partial charge in [-0.15, -0.1) is 17.0 Å². The van der Waals surface area contributed by atoms with Gasteiger partial charge in [-0.05, 0) is 18.2 Å². The Bertz CT molecular complexity index is 1120. The van der Waals surface area contributed by atoms with Gasteiger partial charge < -0.3 is 10.6 Å². The molecule has 0 aliphatic carbocycles. The quantitative estimate of drug-likeness (QED) is 0.485. The number of benzene rings is 1. The van der Waals surface area contributed by atoms with Crippen LogP contribution in [0.25, 0.3) is 31.9 Å². The molecule has 0 aliphatic rings. The molecule has 0 atom stereocenters. The number of rotatable bonds is 2. The maximum Gasteiger partial charge on any atom is 1.00 e. The predicted octanol–water partition coefficient (Wildman–Crippen LogP) is 0.749. The standard InChI is InChI=1S/C17H14N5OS.K/c1-21(2)12-7-8-19-16-13(12)14-15(24-16)17(23)22(9-20-14)11-5-3-10(18)4-6-11;/h3-9,18H,1-2H3;/q-1;+1. The molecule has 0 amide bonds. The number of hydrogen-bond donors (Lipinski definition) is 0. The number of fused-ring (bicyclic) bond motifs is 3. The molecule has 0 saturated heterocycles. The second-order valence-electron chi connectivity index (χ2n) is 5.65. The summed E-state index contributed by atoms with van der Waals surface area (Å²) in [4.78, 5) is 24.6. The smallest absolute Gasteiger partial charge is 0.699 e. The van der Waals surface area contributed by atoms with Crippen LogP contribution in [0.4, 0.5) is 11.4 Å². The van der Waals surface area contributed by atoms with E-state index < -0.39 is 0 Å². The molecule has 3 aromatic heterocycles. The zero-order chi connectivity index (χ0) is 16.8. The fourth-order valence-electron chi connectivity index (χ4n) is 2.72. The van der Waals surface area contributed by atoms with Gasteiger partial charge in [0.25, 0.3) is 5.56 Å². The van der Waals surface area contributed by atoms with Gasteiger partial charge in [0.05, 0.1) is 22.3 Å². The first-order chi connectivity index (χ1) is 11.6. The van der Waals surface area contributed by atoms with Crippen LogP contribution in [-0.2, 0) is 0 Å². The van der Waals surface area contributed by atoms with Gasteiger partial charge >= 0.3 is 51.4 Å². The van der Waals surface area contributed by atoms with Crippen LogP contribution >= 0.6 is 11.3 Å². The second kappa shape index (κ2) is 7.14. The van der Waals surface area contributed by atoms with E-state index in [0.29, 0.717) is 21.6 Å². The first-order valence-electron chi connectivity index (χ1n) is 7.34. The van der Waals surface area contributed by atoms with Gasteiger partial charge in [-0.1, -0.05) is 12.1 Å². The first-order valence-corrected chi connectivity index (χ1v) is 8.16. The normalized spacial score (nSPS) is 10.8. The van der Waals surface area contributed by atoms with Crippen molar-refractivity contribution in [1.82, 2.24) is 14.5 Å². The average molecular weight is 375 g/mol. The largest absolute Gasteiger partial charge is 1.00 e. The summed E-state index contributed by atoms with van der Waals surface area (Å²) in [6.07, 6.45) is 3.29. The number of thiophene rings is 1. The molecule has 1 N–H and O–H groups in total. The Morgan fingerprint density at radius 2 is 1.84 bits per heavy atom. The van der Waals surface area contributed by atoms with Crippen molar-refractivity contribution >= 4 is 43.1 Å². The molecule has 120 valence electrons. The van der Waals surface area contributed by atoms with Crippen LogP contribution in [0.1, 0.15) is 0 Å².